The molecule has 3 N–H and O–H groups in total. The van der Waals surface area contributed by atoms with Gasteiger partial charge in [-0.25, -0.2) is 0 Å². The molecule has 2 unspecified atom stereocenters. The Bertz CT molecular complexity index is 594. The van der Waals surface area contributed by atoms with Crippen LogP contribution in [0.1, 0.15) is 96.4 Å². The van der Waals surface area contributed by atoms with Gasteiger partial charge in [-0.3, -0.25) is 14.7 Å². The molecular formula is C23H40N2O4. The molecule has 0 aliphatic heterocycles. The van der Waals surface area contributed by atoms with Crippen molar-refractivity contribution in [3.8, 4) is 0 Å². The van der Waals surface area contributed by atoms with Crippen LogP contribution >= 0.6 is 0 Å². The van der Waals surface area contributed by atoms with Crippen LogP contribution in [0.15, 0.2) is 18.2 Å². The lowest BCUT2D eigenvalue weighted by atomic mass is 10.0. The summed E-state index contributed by atoms with van der Waals surface area (Å²) in [5.41, 5.74) is -0.726. The molecule has 0 aliphatic carbocycles. The largest absolute Gasteiger partial charge is 0.396 e. The lowest BCUT2D eigenvalue weighted by Gasteiger charge is -2.40. The molecule has 0 aromatic carbocycles. The average Bonchev–Trinajstić information content (AvgIpc) is 2.66. The number of nitrogens with zero attached hydrogens (tertiary/aromatic N) is 2. The monoisotopic (exact) mass is 408 g/mol. The molecule has 1 aromatic heterocycles. The first kappa shape index (κ1) is 25.5. The summed E-state index contributed by atoms with van der Waals surface area (Å²) >= 11 is 0. The smallest absolute Gasteiger partial charge is 0.224 e. The standard InChI is InChI=1S/C23H40N2O4/c1-4-5-6-7-8-9-10-11-12-14-21-15-13-16-22(24-21)23(29,17-18-26)25(19(2)27)20(3)28/h13,15-16,19,26-27,29H,4-12,14,17-18H2,1-3H3. The van der Waals surface area contributed by atoms with Crippen molar-refractivity contribution in [1.29, 1.82) is 0 Å². The van der Waals surface area contributed by atoms with Crippen LogP contribution in [-0.2, 0) is 16.9 Å². The van der Waals surface area contributed by atoms with Crippen LogP contribution in [0.3, 0.4) is 0 Å². The third-order valence-corrected chi connectivity index (χ3v) is 5.33. The van der Waals surface area contributed by atoms with Gasteiger partial charge in [0.2, 0.25) is 5.91 Å². The van der Waals surface area contributed by atoms with E-state index in [1.54, 1.807) is 12.1 Å². The number of unbranched alkanes of at least 4 members (excludes halogenated alkanes) is 8. The first-order chi connectivity index (χ1) is 13.9. The normalized spacial score (nSPS) is 14.4. The zero-order chi connectivity index (χ0) is 21.7. The fourth-order valence-corrected chi connectivity index (χ4v) is 3.82. The number of aliphatic hydroxyl groups is 3. The van der Waals surface area contributed by atoms with E-state index in [0.29, 0.717) is 0 Å². The van der Waals surface area contributed by atoms with Gasteiger partial charge in [-0.05, 0) is 31.9 Å². The van der Waals surface area contributed by atoms with Crippen molar-refractivity contribution in [2.45, 2.75) is 103 Å². The van der Waals surface area contributed by atoms with Gasteiger partial charge in [0, 0.05) is 25.6 Å². The van der Waals surface area contributed by atoms with Gasteiger partial charge in [-0.1, -0.05) is 64.4 Å². The van der Waals surface area contributed by atoms with Crippen molar-refractivity contribution >= 4 is 5.91 Å². The number of hydrogen-bond acceptors (Lipinski definition) is 5. The molecule has 0 spiro atoms. The second-order valence-corrected chi connectivity index (χ2v) is 7.90. The number of aromatic nitrogens is 1. The Morgan fingerprint density at radius 1 is 1.10 bits per heavy atom. The minimum absolute atomic E-state index is 0.119. The molecule has 0 saturated heterocycles. The van der Waals surface area contributed by atoms with Crippen LogP contribution in [0.2, 0.25) is 0 Å². The van der Waals surface area contributed by atoms with Gasteiger partial charge in [0.25, 0.3) is 0 Å². The van der Waals surface area contributed by atoms with E-state index in [2.05, 4.69) is 11.9 Å². The maximum absolute atomic E-state index is 12.0. The van der Waals surface area contributed by atoms with Gasteiger partial charge in [-0.15, -0.1) is 0 Å². The van der Waals surface area contributed by atoms with Gasteiger partial charge in [0.1, 0.15) is 6.23 Å². The van der Waals surface area contributed by atoms with Crippen LogP contribution in [0, 0.1) is 0 Å². The number of hydrogen-bond donors (Lipinski definition) is 3. The minimum atomic E-state index is -1.84. The first-order valence-corrected chi connectivity index (χ1v) is 11.1. The summed E-state index contributed by atoms with van der Waals surface area (Å²) in [6.45, 7) is 4.59. The van der Waals surface area contributed by atoms with Crippen molar-refractivity contribution < 1.29 is 20.1 Å². The van der Waals surface area contributed by atoms with E-state index >= 15 is 0 Å². The molecule has 6 nitrogen and oxygen atoms in total. The van der Waals surface area contributed by atoms with Crippen molar-refractivity contribution in [3.63, 3.8) is 0 Å². The minimum Gasteiger partial charge on any atom is -0.396 e. The summed E-state index contributed by atoms with van der Waals surface area (Å²) in [7, 11) is 0. The second-order valence-electron chi connectivity index (χ2n) is 7.90. The number of aryl methyl sites for hydroxylation is 1. The van der Waals surface area contributed by atoms with Crippen LogP contribution < -0.4 is 0 Å². The van der Waals surface area contributed by atoms with Crippen LogP contribution in [-0.4, -0.2) is 43.9 Å². The third-order valence-electron chi connectivity index (χ3n) is 5.33. The van der Waals surface area contributed by atoms with Crippen LogP contribution in [0.5, 0.6) is 0 Å². The molecule has 1 rings (SSSR count). The molecule has 0 bridgehead atoms. The number of pyridine rings is 1. The first-order valence-electron chi connectivity index (χ1n) is 11.1. The third kappa shape index (κ3) is 8.41. The summed E-state index contributed by atoms with van der Waals surface area (Å²) in [5, 5.41) is 30.6. The van der Waals surface area contributed by atoms with E-state index < -0.39 is 17.9 Å². The molecule has 166 valence electrons. The number of carbonyl (C=O) groups is 1. The molecule has 2 atom stereocenters. The summed E-state index contributed by atoms with van der Waals surface area (Å²) in [5.74, 6) is -0.484. The van der Waals surface area contributed by atoms with E-state index in [1.165, 1.54) is 58.8 Å². The Hall–Kier alpha value is -1.50. The maximum Gasteiger partial charge on any atom is 0.224 e. The zero-order valence-electron chi connectivity index (χ0n) is 18.4. The molecule has 0 aliphatic rings. The lowest BCUT2D eigenvalue weighted by Crippen LogP contribution is -2.54. The molecular weight excluding hydrogens is 368 g/mol. The lowest BCUT2D eigenvalue weighted by molar-refractivity contribution is -0.196. The molecule has 0 fully saturated rings. The fraction of sp³-hybridized carbons (Fsp3) is 0.739. The number of aliphatic hydroxyl groups excluding tert-OH is 2. The second kappa shape index (κ2) is 13.7. The highest BCUT2D eigenvalue weighted by Crippen LogP contribution is 2.30. The molecule has 6 heteroatoms. The summed E-state index contributed by atoms with van der Waals surface area (Å²) < 4.78 is 0. The van der Waals surface area contributed by atoms with E-state index in [0.717, 1.165) is 29.9 Å². The molecule has 1 heterocycles. The van der Waals surface area contributed by atoms with Gasteiger partial charge >= 0.3 is 0 Å². The van der Waals surface area contributed by atoms with Crippen molar-refractivity contribution in [2.75, 3.05) is 6.61 Å². The zero-order valence-corrected chi connectivity index (χ0v) is 18.4. The van der Waals surface area contributed by atoms with E-state index in [4.69, 9.17) is 0 Å². The van der Waals surface area contributed by atoms with Crippen molar-refractivity contribution in [3.05, 3.63) is 29.6 Å². The van der Waals surface area contributed by atoms with E-state index in [1.807, 2.05) is 6.07 Å². The van der Waals surface area contributed by atoms with E-state index in [9.17, 15) is 20.1 Å². The highest BCUT2D eigenvalue weighted by atomic mass is 16.3. The predicted octanol–water partition coefficient (Wildman–Crippen LogP) is 3.87. The van der Waals surface area contributed by atoms with Crippen molar-refractivity contribution in [2.24, 2.45) is 0 Å². The Labute approximate surface area is 176 Å². The molecule has 1 aromatic rings. The Morgan fingerprint density at radius 3 is 2.21 bits per heavy atom. The highest BCUT2D eigenvalue weighted by molar-refractivity contribution is 5.74. The quantitative estimate of drug-likeness (QED) is 0.303. The number of carbonyl (C=O) groups excluding carboxylic acids is 1. The van der Waals surface area contributed by atoms with Gasteiger partial charge in [-0.2, -0.15) is 0 Å². The van der Waals surface area contributed by atoms with Gasteiger partial charge in [0.05, 0.1) is 5.69 Å². The van der Waals surface area contributed by atoms with Gasteiger partial charge in [0.15, 0.2) is 5.72 Å². The topological polar surface area (TPSA) is 93.9 Å². The number of rotatable bonds is 15. The highest BCUT2D eigenvalue weighted by Gasteiger charge is 2.41. The average molecular weight is 409 g/mol. The Kier molecular flexibility index (Phi) is 12.0. The van der Waals surface area contributed by atoms with E-state index in [-0.39, 0.29) is 18.7 Å². The van der Waals surface area contributed by atoms with Crippen LogP contribution in [0.4, 0.5) is 0 Å². The predicted molar refractivity (Wildman–Crippen MR) is 115 cm³/mol. The SMILES string of the molecule is CCCCCCCCCCCc1cccc(C(O)(CCO)N(C(C)=O)C(C)O)n1. The fourth-order valence-electron chi connectivity index (χ4n) is 3.82. The van der Waals surface area contributed by atoms with Crippen molar-refractivity contribution in [1.82, 2.24) is 9.88 Å². The molecule has 29 heavy (non-hydrogen) atoms. The molecule has 0 radical (unpaired) electrons. The van der Waals surface area contributed by atoms with Gasteiger partial charge < -0.3 is 15.3 Å². The Balaban J connectivity index is 2.66. The van der Waals surface area contributed by atoms with Crippen LogP contribution in [0.25, 0.3) is 0 Å². The summed E-state index contributed by atoms with van der Waals surface area (Å²) in [6.07, 6.45) is 10.7. The summed E-state index contributed by atoms with van der Waals surface area (Å²) in [4.78, 5) is 17.5. The summed E-state index contributed by atoms with van der Waals surface area (Å²) in [6, 6.07) is 5.34. The Morgan fingerprint density at radius 2 is 1.69 bits per heavy atom. The maximum atomic E-state index is 12.0. The number of amides is 1. The molecule has 0 saturated carbocycles. The molecule has 1 amide bonds.